The zero-order chi connectivity index (χ0) is 18.5. The average Bonchev–Trinajstić information content (AvgIpc) is 2.67. The molecule has 1 amide bonds. The van der Waals surface area contributed by atoms with Crippen LogP contribution in [-0.2, 0) is 9.53 Å². The van der Waals surface area contributed by atoms with Crippen LogP contribution in [0.5, 0.6) is 0 Å². The van der Waals surface area contributed by atoms with Gasteiger partial charge in [-0.15, -0.1) is 0 Å². The standard InChI is InChI=1S/C18H21N5O3/c1-13-11-16(23-9-7-22(12-24)8-10-23)21-18(19-13)20-15-6-4-3-5-14(15)17(25)26-2/h3-6,11-12H,7-10H2,1-2H3,(H,19,20,21). The highest BCUT2D eigenvalue weighted by atomic mass is 16.5. The number of aryl methyl sites for hydroxylation is 1. The molecule has 0 bridgehead atoms. The van der Waals surface area contributed by atoms with Crippen LogP contribution in [-0.4, -0.2) is 60.5 Å². The first-order valence-electron chi connectivity index (χ1n) is 8.35. The molecule has 0 saturated carbocycles. The van der Waals surface area contributed by atoms with E-state index in [1.165, 1.54) is 7.11 Å². The monoisotopic (exact) mass is 355 g/mol. The number of nitrogens with zero attached hydrogens (tertiary/aromatic N) is 4. The van der Waals surface area contributed by atoms with E-state index >= 15 is 0 Å². The van der Waals surface area contributed by atoms with Crippen LogP contribution in [0.15, 0.2) is 30.3 Å². The second-order valence-corrected chi connectivity index (χ2v) is 5.98. The number of carbonyl (C=O) groups excluding carboxylic acids is 2. The largest absolute Gasteiger partial charge is 0.465 e. The lowest BCUT2D eigenvalue weighted by molar-refractivity contribution is -0.118. The third-order valence-corrected chi connectivity index (χ3v) is 4.21. The highest BCUT2D eigenvalue weighted by Crippen LogP contribution is 2.22. The van der Waals surface area contributed by atoms with Crippen LogP contribution in [0.1, 0.15) is 16.1 Å². The highest BCUT2D eigenvalue weighted by Gasteiger charge is 2.18. The molecular formula is C18H21N5O3. The number of nitrogens with one attached hydrogen (secondary N) is 1. The first-order valence-corrected chi connectivity index (χ1v) is 8.35. The van der Waals surface area contributed by atoms with Gasteiger partial charge in [-0.1, -0.05) is 12.1 Å². The van der Waals surface area contributed by atoms with Gasteiger partial charge in [0, 0.05) is 37.9 Å². The van der Waals surface area contributed by atoms with E-state index in [1.54, 1.807) is 23.1 Å². The lowest BCUT2D eigenvalue weighted by atomic mass is 10.2. The SMILES string of the molecule is COC(=O)c1ccccc1Nc1nc(C)cc(N2CCN(C=O)CC2)n1. The number of rotatable bonds is 5. The Morgan fingerprint density at radius 2 is 1.92 bits per heavy atom. The van der Waals surface area contributed by atoms with Gasteiger partial charge in [0.05, 0.1) is 18.4 Å². The van der Waals surface area contributed by atoms with Gasteiger partial charge in [0.15, 0.2) is 0 Å². The molecule has 3 rings (SSSR count). The van der Waals surface area contributed by atoms with E-state index < -0.39 is 5.97 Å². The van der Waals surface area contributed by atoms with Crippen molar-refractivity contribution in [2.75, 3.05) is 43.5 Å². The lowest BCUT2D eigenvalue weighted by Crippen LogP contribution is -2.46. The highest BCUT2D eigenvalue weighted by molar-refractivity contribution is 5.96. The summed E-state index contributed by atoms with van der Waals surface area (Å²) in [5.41, 5.74) is 1.81. The Kier molecular flexibility index (Phi) is 5.31. The Hall–Kier alpha value is -3.16. The molecule has 26 heavy (non-hydrogen) atoms. The van der Waals surface area contributed by atoms with Crippen LogP contribution in [0.3, 0.4) is 0 Å². The molecule has 8 nitrogen and oxygen atoms in total. The summed E-state index contributed by atoms with van der Waals surface area (Å²) in [4.78, 5) is 35.6. The maximum Gasteiger partial charge on any atom is 0.339 e. The number of para-hydroxylation sites is 1. The molecule has 1 aromatic carbocycles. The molecule has 0 aliphatic carbocycles. The maximum absolute atomic E-state index is 11.9. The summed E-state index contributed by atoms with van der Waals surface area (Å²) < 4.78 is 4.82. The zero-order valence-corrected chi connectivity index (χ0v) is 14.8. The van der Waals surface area contributed by atoms with Crippen molar-refractivity contribution < 1.29 is 14.3 Å². The number of esters is 1. The first kappa shape index (κ1) is 17.7. The van der Waals surface area contributed by atoms with Gasteiger partial charge >= 0.3 is 5.97 Å². The normalized spacial score (nSPS) is 14.1. The van der Waals surface area contributed by atoms with Crippen molar-refractivity contribution in [3.63, 3.8) is 0 Å². The van der Waals surface area contributed by atoms with E-state index in [-0.39, 0.29) is 0 Å². The van der Waals surface area contributed by atoms with Crippen LogP contribution < -0.4 is 10.2 Å². The van der Waals surface area contributed by atoms with Crippen molar-refractivity contribution in [3.05, 3.63) is 41.6 Å². The quantitative estimate of drug-likeness (QED) is 0.644. The molecule has 136 valence electrons. The lowest BCUT2D eigenvalue weighted by Gasteiger charge is -2.33. The third-order valence-electron chi connectivity index (χ3n) is 4.21. The average molecular weight is 355 g/mol. The van der Waals surface area contributed by atoms with E-state index in [9.17, 15) is 9.59 Å². The van der Waals surface area contributed by atoms with E-state index in [4.69, 9.17) is 4.74 Å². The molecule has 1 fully saturated rings. The van der Waals surface area contributed by atoms with Gasteiger partial charge < -0.3 is 19.9 Å². The topological polar surface area (TPSA) is 87.7 Å². The number of benzene rings is 1. The van der Waals surface area contributed by atoms with E-state index in [2.05, 4.69) is 20.2 Å². The van der Waals surface area contributed by atoms with Gasteiger partial charge in [0.2, 0.25) is 12.4 Å². The smallest absolute Gasteiger partial charge is 0.339 e. The second-order valence-electron chi connectivity index (χ2n) is 5.98. The van der Waals surface area contributed by atoms with Gasteiger partial charge in [-0.05, 0) is 19.1 Å². The number of anilines is 3. The van der Waals surface area contributed by atoms with Gasteiger partial charge in [-0.3, -0.25) is 4.79 Å². The Morgan fingerprint density at radius 1 is 1.19 bits per heavy atom. The Labute approximate surface area is 151 Å². The van der Waals surface area contributed by atoms with Crippen LogP contribution in [0.4, 0.5) is 17.5 Å². The molecule has 1 N–H and O–H groups in total. The van der Waals surface area contributed by atoms with E-state index in [0.717, 1.165) is 17.9 Å². The van der Waals surface area contributed by atoms with Crippen LogP contribution in [0.25, 0.3) is 0 Å². The number of amides is 1. The molecule has 0 unspecified atom stereocenters. The number of methoxy groups -OCH3 is 1. The van der Waals surface area contributed by atoms with Gasteiger partial charge in [-0.2, -0.15) is 4.98 Å². The van der Waals surface area contributed by atoms with Crippen molar-refractivity contribution in [1.82, 2.24) is 14.9 Å². The maximum atomic E-state index is 11.9. The van der Waals surface area contributed by atoms with Crippen molar-refractivity contribution in [2.24, 2.45) is 0 Å². The fraction of sp³-hybridized carbons (Fsp3) is 0.333. The molecule has 2 aromatic rings. The minimum absolute atomic E-state index is 0.411. The van der Waals surface area contributed by atoms with E-state index in [1.807, 2.05) is 19.1 Å². The van der Waals surface area contributed by atoms with Crippen LogP contribution in [0, 0.1) is 6.92 Å². The first-order chi connectivity index (χ1) is 12.6. The second kappa shape index (κ2) is 7.81. The van der Waals surface area contributed by atoms with Gasteiger partial charge in [0.25, 0.3) is 0 Å². The van der Waals surface area contributed by atoms with Crippen molar-refractivity contribution in [1.29, 1.82) is 0 Å². The van der Waals surface area contributed by atoms with Crippen molar-refractivity contribution in [2.45, 2.75) is 6.92 Å². The van der Waals surface area contributed by atoms with E-state index in [0.29, 0.717) is 43.4 Å². The van der Waals surface area contributed by atoms with Gasteiger partial charge in [-0.25, -0.2) is 9.78 Å². The molecule has 0 spiro atoms. The number of aromatic nitrogens is 2. The molecule has 1 aliphatic rings. The van der Waals surface area contributed by atoms with Gasteiger partial charge in [0.1, 0.15) is 5.82 Å². The fourth-order valence-corrected chi connectivity index (χ4v) is 2.83. The number of carbonyl (C=O) groups is 2. The molecule has 1 aliphatic heterocycles. The predicted octanol–water partition coefficient (Wildman–Crippen LogP) is 1.59. The van der Waals surface area contributed by atoms with Crippen molar-refractivity contribution >= 4 is 29.8 Å². The Balaban J connectivity index is 1.83. The summed E-state index contributed by atoms with van der Waals surface area (Å²) in [6.07, 6.45) is 0.874. The summed E-state index contributed by atoms with van der Waals surface area (Å²) in [5, 5.41) is 3.11. The Morgan fingerprint density at radius 3 is 2.62 bits per heavy atom. The van der Waals surface area contributed by atoms with Crippen molar-refractivity contribution in [3.8, 4) is 0 Å². The number of piperazine rings is 1. The fourth-order valence-electron chi connectivity index (χ4n) is 2.83. The van der Waals surface area contributed by atoms with Crippen LogP contribution >= 0.6 is 0 Å². The summed E-state index contributed by atoms with van der Waals surface area (Å²) in [5.74, 6) is 0.779. The molecule has 2 heterocycles. The van der Waals surface area contributed by atoms with Crippen LogP contribution in [0.2, 0.25) is 0 Å². The summed E-state index contributed by atoms with van der Waals surface area (Å²) in [7, 11) is 1.35. The number of hydrogen-bond acceptors (Lipinski definition) is 7. The molecular weight excluding hydrogens is 334 g/mol. The summed E-state index contributed by atoms with van der Waals surface area (Å²) in [6, 6.07) is 8.97. The summed E-state index contributed by atoms with van der Waals surface area (Å²) in [6.45, 7) is 4.66. The number of ether oxygens (including phenoxy) is 1. The molecule has 0 atom stereocenters. The summed E-state index contributed by atoms with van der Waals surface area (Å²) >= 11 is 0. The molecule has 8 heteroatoms. The third kappa shape index (κ3) is 3.90. The molecule has 0 radical (unpaired) electrons. The minimum atomic E-state index is -0.425. The Bertz CT molecular complexity index is 803. The minimum Gasteiger partial charge on any atom is -0.465 e. The molecule has 1 saturated heterocycles. The zero-order valence-electron chi connectivity index (χ0n) is 14.8. The number of hydrogen-bond donors (Lipinski definition) is 1. The molecule has 1 aromatic heterocycles. The predicted molar refractivity (Wildman–Crippen MR) is 97.7 cm³/mol.